The van der Waals surface area contributed by atoms with Crippen molar-refractivity contribution in [3.8, 4) is 0 Å². The van der Waals surface area contributed by atoms with Gasteiger partial charge in [0.25, 0.3) is 0 Å². The van der Waals surface area contributed by atoms with Gasteiger partial charge in [-0.2, -0.15) is 0 Å². The minimum Gasteiger partial charge on any atom is -0.336 e. The molecule has 1 rings (SSSR count). The van der Waals surface area contributed by atoms with E-state index in [1.807, 2.05) is 12.3 Å². The SMILES string of the molecule is CC(CC(=O)N(C)[C@H](C[C@@H](C)C(Cl)(Cl)Cl)c1nccs1)C(Cl)(Cl)Cl. The molecular formula is C14H18Cl6N2OS. The monoisotopic (exact) mass is 472 g/mol. The molecule has 10 heteroatoms. The van der Waals surface area contributed by atoms with E-state index in [0.717, 1.165) is 5.01 Å². The average molecular weight is 475 g/mol. The summed E-state index contributed by atoms with van der Waals surface area (Å²) < 4.78 is -2.93. The van der Waals surface area contributed by atoms with E-state index in [1.54, 1.807) is 25.1 Å². The average Bonchev–Trinajstić information content (AvgIpc) is 2.95. The Morgan fingerprint density at radius 1 is 1.17 bits per heavy atom. The van der Waals surface area contributed by atoms with Crippen LogP contribution in [0.2, 0.25) is 0 Å². The smallest absolute Gasteiger partial charge is 0.223 e. The summed E-state index contributed by atoms with van der Waals surface area (Å²) in [5, 5.41) is 2.61. The molecule has 24 heavy (non-hydrogen) atoms. The maximum absolute atomic E-state index is 12.6. The number of carbonyl (C=O) groups is 1. The minimum atomic E-state index is -1.50. The Kier molecular flexibility index (Phi) is 8.74. The quantitative estimate of drug-likeness (QED) is 0.445. The van der Waals surface area contributed by atoms with Crippen LogP contribution in [-0.4, -0.2) is 30.4 Å². The lowest BCUT2D eigenvalue weighted by Crippen LogP contribution is -2.36. The van der Waals surface area contributed by atoms with E-state index in [9.17, 15) is 4.79 Å². The molecule has 0 radical (unpaired) electrons. The molecule has 1 aromatic rings. The van der Waals surface area contributed by atoms with Gasteiger partial charge in [-0.1, -0.05) is 83.5 Å². The highest BCUT2D eigenvalue weighted by Gasteiger charge is 2.36. The number of carbonyl (C=O) groups excluding carboxylic acids is 1. The number of hydrogen-bond acceptors (Lipinski definition) is 3. The summed E-state index contributed by atoms with van der Waals surface area (Å²) in [7, 11) is 1.69. The third kappa shape index (κ3) is 6.86. The van der Waals surface area contributed by atoms with Crippen molar-refractivity contribution in [2.75, 3.05) is 7.05 Å². The van der Waals surface area contributed by atoms with Crippen molar-refractivity contribution in [1.82, 2.24) is 9.88 Å². The summed E-state index contributed by atoms with van der Waals surface area (Å²) in [5.41, 5.74) is 0. The van der Waals surface area contributed by atoms with Gasteiger partial charge >= 0.3 is 0 Å². The maximum Gasteiger partial charge on any atom is 0.223 e. The third-order valence-corrected chi connectivity index (χ3v) is 6.88. The highest BCUT2D eigenvalue weighted by Crippen LogP contribution is 2.42. The molecule has 0 bridgehead atoms. The number of thiazole rings is 1. The molecule has 1 amide bonds. The number of amides is 1. The third-order valence-electron chi connectivity index (χ3n) is 3.77. The number of nitrogens with zero attached hydrogens (tertiary/aromatic N) is 2. The first kappa shape index (κ1) is 22.9. The predicted molar refractivity (Wildman–Crippen MR) is 106 cm³/mol. The van der Waals surface area contributed by atoms with Gasteiger partial charge in [0.05, 0.1) is 6.04 Å². The second-order valence-corrected chi connectivity index (χ2v) is 11.4. The van der Waals surface area contributed by atoms with E-state index in [0.29, 0.717) is 6.42 Å². The van der Waals surface area contributed by atoms with E-state index in [4.69, 9.17) is 69.6 Å². The van der Waals surface area contributed by atoms with Crippen molar-refractivity contribution < 1.29 is 4.79 Å². The van der Waals surface area contributed by atoms with Gasteiger partial charge in [0.2, 0.25) is 5.91 Å². The molecule has 0 aliphatic heterocycles. The van der Waals surface area contributed by atoms with Crippen molar-refractivity contribution in [2.24, 2.45) is 11.8 Å². The number of aromatic nitrogens is 1. The van der Waals surface area contributed by atoms with Crippen molar-refractivity contribution in [3.05, 3.63) is 16.6 Å². The van der Waals surface area contributed by atoms with Crippen LogP contribution < -0.4 is 0 Å². The second kappa shape index (κ2) is 9.16. The molecule has 0 aromatic carbocycles. The minimum absolute atomic E-state index is 0.0943. The molecule has 1 heterocycles. The summed E-state index contributed by atoms with van der Waals surface area (Å²) in [6.45, 7) is 3.52. The zero-order valence-electron chi connectivity index (χ0n) is 13.3. The van der Waals surface area contributed by atoms with Crippen LogP contribution in [0.5, 0.6) is 0 Å². The first-order valence-corrected chi connectivity index (χ1v) is 10.3. The van der Waals surface area contributed by atoms with E-state index in [1.165, 1.54) is 11.3 Å². The molecule has 0 spiro atoms. The van der Waals surface area contributed by atoms with Crippen LogP contribution in [-0.2, 0) is 4.79 Å². The van der Waals surface area contributed by atoms with Crippen LogP contribution >= 0.6 is 80.9 Å². The summed E-state index contributed by atoms with van der Waals surface area (Å²) in [5.74, 6) is -0.872. The molecule has 0 N–H and O–H groups in total. The van der Waals surface area contributed by atoms with Crippen LogP contribution in [0.4, 0.5) is 0 Å². The van der Waals surface area contributed by atoms with Gasteiger partial charge in [0.15, 0.2) is 7.59 Å². The highest BCUT2D eigenvalue weighted by molar-refractivity contribution is 7.09. The highest BCUT2D eigenvalue weighted by atomic mass is 35.6. The Hall–Kier alpha value is 0.840. The van der Waals surface area contributed by atoms with Gasteiger partial charge in [0.1, 0.15) is 5.01 Å². The molecule has 0 saturated carbocycles. The molecule has 138 valence electrons. The Bertz CT molecular complexity index is 528. The van der Waals surface area contributed by atoms with Crippen LogP contribution in [0.3, 0.4) is 0 Å². The summed E-state index contributed by atoms with van der Waals surface area (Å²) in [6.07, 6.45) is 2.22. The summed E-state index contributed by atoms with van der Waals surface area (Å²) in [4.78, 5) is 18.5. The first-order valence-electron chi connectivity index (χ1n) is 7.12. The molecule has 0 aliphatic carbocycles. The normalized spacial score (nSPS) is 16.5. The fourth-order valence-corrected chi connectivity index (χ4v) is 3.28. The van der Waals surface area contributed by atoms with Crippen molar-refractivity contribution in [1.29, 1.82) is 0 Å². The molecular weight excluding hydrogens is 457 g/mol. The van der Waals surface area contributed by atoms with Crippen molar-refractivity contribution in [3.63, 3.8) is 0 Å². The number of alkyl halides is 6. The van der Waals surface area contributed by atoms with Gasteiger partial charge in [-0.05, 0) is 6.42 Å². The number of hydrogen-bond donors (Lipinski definition) is 0. The Morgan fingerprint density at radius 2 is 1.71 bits per heavy atom. The van der Waals surface area contributed by atoms with Crippen molar-refractivity contribution in [2.45, 2.75) is 40.3 Å². The maximum atomic E-state index is 12.6. The molecule has 1 aromatic heterocycles. The first-order chi connectivity index (χ1) is 10.8. The lowest BCUT2D eigenvalue weighted by molar-refractivity contribution is -0.133. The predicted octanol–water partition coefficient (Wildman–Crippen LogP) is 6.44. The second-order valence-electron chi connectivity index (χ2n) is 5.72. The largest absolute Gasteiger partial charge is 0.336 e. The van der Waals surface area contributed by atoms with E-state index < -0.39 is 13.5 Å². The number of rotatable bonds is 6. The van der Waals surface area contributed by atoms with Crippen LogP contribution in [0.15, 0.2) is 11.6 Å². The topological polar surface area (TPSA) is 33.2 Å². The Morgan fingerprint density at radius 3 is 2.12 bits per heavy atom. The van der Waals surface area contributed by atoms with E-state index in [-0.39, 0.29) is 24.3 Å². The van der Waals surface area contributed by atoms with Gasteiger partial charge in [0, 0.05) is 36.9 Å². The fraction of sp³-hybridized carbons (Fsp3) is 0.714. The molecule has 3 nitrogen and oxygen atoms in total. The van der Waals surface area contributed by atoms with Gasteiger partial charge in [-0.3, -0.25) is 4.79 Å². The van der Waals surface area contributed by atoms with Crippen LogP contribution in [0, 0.1) is 11.8 Å². The van der Waals surface area contributed by atoms with E-state index >= 15 is 0 Å². The summed E-state index contributed by atoms with van der Waals surface area (Å²) >= 11 is 36.9. The van der Waals surface area contributed by atoms with Crippen LogP contribution in [0.25, 0.3) is 0 Å². The zero-order valence-corrected chi connectivity index (χ0v) is 18.6. The fourth-order valence-electron chi connectivity index (χ4n) is 1.99. The van der Waals surface area contributed by atoms with Crippen LogP contribution in [0.1, 0.15) is 37.7 Å². The molecule has 0 fully saturated rings. The number of halogens is 6. The molecule has 0 saturated heterocycles. The lowest BCUT2D eigenvalue weighted by atomic mass is 10.0. The van der Waals surface area contributed by atoms with Crippen molar-refractivity contribution >= 4 is 86.8 Å². The molecule has 3 atom stereocenters. The Labute approximate surface area is 176 Å². The van der Waals surface area contributed by atoms with Gasteiger partial charge < -0.3 is 4.90 Å². The molecule has 0 aliphatic rings. The zero-order chi connectivity index (χ0) is 18.7. The lowest BCUT2D eigenvalue weighted by Gasteiger charge is -2.32. The van der Waals surface area contributed by atoms with E-state index in [2.05, 4.69) is 4.98 Å². The van der Waals surface area contributed by atoms with Gasteiger partial charge in [-0.15, -0.1) is 11.3 Å². The Balaban J connectivity index is 2.93. The van der Waals surface area contributed by atoms with Gasteiger partial charge in [-0.25, -0.2) is 4.98 Å². The standard InChI is InChI=1S/C14H18Cl6N2OS/c1-8(13(15,16)17)6-10(12-21-4-5-24-12)22(3)11(23)7-9(2)14(18,19)20/h4-5,8-10H,6-7H2,1-3H3/t8-,9?,10-/m1/s1. The summed E-state index contributed by atoms with van der Waals surface area (Å²) in [6, 6.07) is -0.314. The molecule has 1 unspecified atom stereocenters.